The first-order chi connectivity index (χ1) is 8.86. The summed E-state index contributed by atoms with van der Waals surface area (Å²) in [5.41, 5.74) is 0. The molecule has 1 aliphatic carbocycles. The van der Waals surface area contributed by atoms with Crippen molar-refractivity contribution in [3.05, 3.63) is 19.8 Å². The maximum Gasteiger partial charge on any atom is 0.391 e. The van der Waals surface area contributed by atoms with Crippen LogP contribution in [0.5, 0.6) is 0 Å². The molecule has 108 valence electrons. The molecule has 7 heteroatoms. The second-order valence-electron chi connectivity index (χ2n) is 4.82. The number of rotatable bonds is 3. The molecule has 2 rings (SSSR count). The van der Waals surface area contributed by atoms with E-state index in [1.54, 1.807) is 0 Å². The van der Waals surface area contributed by atoms with Crippen molar-refractivity contribution in [2.75, 3.05) is 0 Å². The SMILES string of the molecule is FC(F)(F)C1CCCC(NCc2cc(Br)c(Cl)s2)C1. The lowest BCUT2D eigenvalue weighted by Gasteiger charge is -2.31. The van der Waals surface area contributed by atoms with Gasteiger partial charge in [0, 0.05) is 21.9 Å². The van der Waals surface area contributed by atoms with E-state index in [1.165, 1.54) is 11.3 Å². The lowest BCUT2D eigenvalue weighted by Crippen LogP contribution is -2.38. The van der Waals surface area contributed by atoms with Crippen LogP contribution in [0.15, 0.2) is 10.5 Å². The molecule has 0 aliphatic heterocycles. The fraction of sp³-hybridized carbons (Fsp3) is 0.667. The van der Waals surface area contributed by atoms with Gasteiger partial charge in [0.2, 0.25) is 0 Å². The van der Waals surface area contributed by atoms with Crippen LogP contribution in [-0.2, 0) is 6.54 Å². The molecule has 1 aromatic rings. The number of hydrogen-bond acceptors (Lipinski definition) is 2. The Balaban J connectivity index is 1.86. The molecule has 1 saturated carbocycles. The van der Waals surface area contributed by atoms with E-state index in [4.69, 9.17) is 11.6 Å². The standard InChI is InChI=1S/C12H14BrClF3NS/c13-10-5-9(19-11(10)14)6-18-8-3-1-2-7(4-8)12(15,16)17/h5,7-8,18H,1-4,6H2. The van der Waals surface area contributed by atoms with Gasteiger partial charge in [0.1, 0.15) is 4.34 Å². The quantitative estimate of drug-likeness (QED) is 0.747. The van der Waals surface area contributed by atoms with Crippen molar-refractivity contribution in [3.8, 4) is 0 Å². The van der Waals surface area contributed by atoms with Gasteiger partial charge in [-0.1, -0.05) is 18.0 Å². The third-order valence-electron chi connectivity index (χ3n) is 3.40. The Morgan fingerprint density at radius 2 is 2.16 bits per heavy atom. The van der Waals surface area contributed by atoms with Gasteiger partial charge in [0.15, 0.2) is 0 Å². The predicted molar refractivity (Wildman–Crippen MR) is 75.7 cm³/mol. The Bertz CT molecular complexity index is 416. The molecule has 0 saturated heterocycles. The highest BCUT2D eigenvalue weighted by atomic mass is 79.9. The summed E-state index contributed by atoms with van der Waals surface area (Å²) in [7, 11) is 0. The van der Waals surface area contributed by atoms with E-state index in [2.05, 4.69) is 21.2 Å². The summed E-state index contributed by atoms with van der Waals surface area (Å²) in [4.78, 5) is 1.03. The Kier molecular flexibility index (Phi) is 5.20. The van der Waals surface area contributed by atoms with Gasteiger partial charge in [0.25, 0.3) is 0 Å². The van der Waals surface area contributed by atoms with Gasteiger partial charge in [-0.05, 0) is 41.3 Å². The molecule has 2 unspecified atom stereocenters. The van der Waals surface area contributed by atoms with Crippen LogP contribution in [0.4, 0.5) is 13.2 Å². The van der Waals surface area contributed by atoms with Crippen LogP contribution >= 0.6 is 38.9 Å². The third-order valence-corrected chi connectivity index (χ3v) is 5.87. The summed E-state index contributed by atoms with van der Waals surface area (Å²) in [6, 6.07) is 1.85. The molecule has 1 N–H and O–H groups in total. The molecule has 0 spiro atoms. The summed E-state index contributed by atoms with van der Waals surface area (Å²) >= 11 is 10.7. The summed E-state index contributed by atoms with van der Waals surface area (Å²) in [6.07, 6.45) is -2.17. The number of alkyl halides is 3. The first-order valence-corrected chi connectivity index (χ1v) is 8.09. The molecule has 0 bridgehead atoms. The Morgan fingerprint density at radius 1 is 1.42 bits per heavy atom. The number of halogens is 5. The van der Waals surface area contributed by atoms with Crippen molar-refractivity contribution in [1.82, 2.24) is 5.32 Å². The van der Waals surface area contributed by atoms with Crippen molar-refractivity contribution in [2.45, 2.75) is 44.4 Å². The maximum atomic E-state index is 12.7. The molecule has 1 nitrogen and oxygen atoms in total. The molecular weight excluding hydrogens is 363 g/mol. The first kappa shape index (κ1) is 15.6. The largest absolute Gasteiger partial charge is 0.391 e. The Hall–Kier alpha value is 0.220. The van der Waals surface area contributed by atoms with Crippen molar-refractivity contribution in [1.29, 1.82) is 0 Å². The van der Waals surface area contributed by atoms with E-state index in [-0.39, 0.29) is 18.9 Å². The minimum absolute atomic E-state index is 0.0555. The number of thiophene rings is 1. The molecule has 19 heavy (non-hydrogen) atoms. The highest BCUT2D eigenvalue weighted by molar-refractivity contribution is 9.10. The van der Waals surface area contributed by atoms with Gasteiger partial charge < -0.3 is 5.32 Å². The zero-order chi connectivity index (χ0) is 14.0. The Labute approximate surface area is 127 Å². The zero-order valence-corrected chi connectivity index (χ0v) is 13.2. The van der Waals surface area contributed by atoms with Gasteiger partial charge in [-0.3, -0.25) is 0 Å². The second kappa shape index (κ2) is 6.33. The maximum absolute atomic E-state index is 12.7. The van der Waals surface area contributed by atoms with E-state index in [9.17, 15) is 13.2 Å². The highest BCUT2D eigenvalue weighted by Crippen LogP contribution is 2.38. The van der Waals surface area contributed by atoms with Gasteiger partial charge in [-0.25, -0.2) is 0 Å². The molecule has 1 heterocycles. The van der Waals surface area contributed by atoms with Crippen molar-refractivity contribution in [2.24, 2.45) is 5.92 Å². The van der Waals surface area contributed by atoms with E-state index in [0.29, 0.717) is 17.3 Å². The van der Waals surface area contributed by atoms with Crippen LogP contribution in [0, 0.1) is 5.92 Å². The normalized spacial score (nSPS) is 24.7. The van der Waals surface area contributed by atoms with Gasteiger partial charge in [-0.15, -0.1) is 11.3 Å². The topological polar surface area (TPSA) is 12.0 Å². The van der Waals surface area contributed by atoms with Crippen LogP contribution in [0.2, 0.25) is 4.34 Å². The van der Waals surface area contributed by atoms with E-state index < -0.39 is 12.1 Å². The third kappa shape index (κ3) is 4.34. The highest BCUT2D eigenvalue weighted by Gasteiger charge is 2.41. The number of nitrogens with one attached hydrogen (secondary N) is 1. The van der Waals surface area contributed by atoms with Crippen molar-refractivity contribution >= 4 is 38.9 Å². The van der Waals surface area contributed by atoms with Crippen LogP contribution in [0.25, 0.3) is 0 Å². The van der Waals surface area contributed by atoms with Crippen LogP contribution < -0.4 is 5.32 Å². The lowest BCUT2D eigenvalue weighted by molar-refractivity contribution is -0.183. The minimum Gasteiger partial charge on any atom is -0.309 e. The fourth-order valence-electron chi connectivity index (χ4n) is 2.40. The molecule has 1 fully saturated rings. The average Bonchev–Trinajstić information content (AvgIpc) is 2.66. The fourth-order valence-corrected chi connectivity index (χ4v) is 4.14. The van der Waals surface area contributed by atoms with Gasteiger partial charge in [0.05, 0.1) is 5.92 Å². The van der Waals surface area contributed by atoms with Gasteiger partial charge in [-0.2, -0.15) is 13.2 Å². The summed E-state index contributed by atoms with van der Waals surface area (Å²) in [5, 5.41) is 3.21. The van der Waals surface area contributed by atoms with Crippen molar-refractivity contribution in [3.63, 3.8) is 0 Å². The molecule has 1 aliphatic rings. The minimum atomic E-state index is -4.06. The number of hydrogen-bond donors (Lipinski definition) is 1. The smallest absolute Gasteiger partial charge is 0.309 e. The molecule has 2 atom stereocenters. The Morgan fingerprint density at radius 3 is 2.74 bits per heavy atom. The van der Waals surface area contributed by atoms with Gasteiger partial charge >= 0.3 is 6.18 Å². The summed E-state index contributed by atoms with van der Waals surface area (Å²) < 4.78 is 39.6. The second-order valence-corrected chi connectivity index (χ2v) is 7.41. The first-order valence-electron chi connectivity index (χ1n) is 6.10. The average molecular weight is 377 g/mol. The van der Waals surface area contributed by atoms with Crippen LogP contribution in [-0.4, -0.2) is 12.2 Å². The zero-order valence-electron chi connectivity index (χ0n) is 10.1. The molecule has 0 radical (unpaired) electrons. The molecule has 0 aromatic carbocycles. The van der Waals surface area contributed by atoms with Crippen molar-refractivity contribution < 1.29 is 13.2 Å². The summed E-state index contributed by atoms with van der Waals surface area (Å²) in [5.74, 6) is -1.16. The van der Waals surface area contributed by atoms with E-state index in [1.807, 2.05) is 6.07 Å². The lowest BCUT2D eigenvalue weighted by atomic mass is 9.85. The predicted octanol–water partition coefficient (Wildman–Crippen LogP) is 5.37. The van der Waals surface area contributed by atoms with Crippen LogP contribution in [0.3, 0.4) is 0 Å². The molecule has 1 aromatic heterocycles. The van der Waals surface area contributed by atoms with E-state index in [0.717, 1.165) is 15.8 Å². The molecular formula is C12H14BrClF3NS. The van der Waals surface area contributed by atoms with E-state index >= 15 is 0 Å². The summed E-state index contributed by atoms with van der Waals surface area (Å²) in [6.45, 7) is 0.575. The monoisotopic (exact) mass is 375 g/mol. The van der Waals surface area contributed by atoms with Crippen LogP contribution in [0.1, 0.15) is 30.6 Å². The molecule has 0 amide bonds.